The van der Waals surface area contributed by atoms with E-state index in [1.807, 2.05) is 31.2 Å². The highest BCUT2D eigenvalue weighted by Crippen LogP contribution is 2.21. The van der Waals surface area contributed by atoms with Crippen molar-refractivity contribution in [2.24, 2.45) is 5.10 Å². The summed E-state index contributed by atoms with van der Waals surface area (Å²) < 4.78 is 14.9. The van der Waals surface area contributed by atoms with Gasteiger partial charge in [0.2, 0.25) is 4.77 Å². The zero-order valence-corrected chi connectivity index (χ0v) is 15.7. The number of halogens is 2. The lowest BCUT2D eigenvalue weighted by Crippen LogP contribution is -1.96. The van der Waals surface area contributed by atoms with Crippen LogP contribution in [0, 0.1) is 17.5 Å². The van der Waals surface area contributed by atoms with Crippen molar-refractivity contribution in [3.05, 3.63) is 75.4 Å². The van der Waals surface area contributed by atoms with E-state index in [1.165, 1.54) is 16.8 Å². The summed E-state index contributed by atoms with van der Waals surface area (Å²) in [4.78, 5) is 4.42. The van der Waals surface area contributed by atoms with E-state index < -0.39 is 0 Å². The first-order chi connectivity index (χ1) is 13.0. The number of aryl methyl sites for hydroxylation is 1. The highest BCUT2D eigenvalue weighted by molar-refractivity contribution is 7.71. The molecule has 0 fully saturated rings. The lowest BCUT2D eigenvalue weighted by atomic mass is 10.1. The summed E-state index contributed by atoms with van der Waals surface area (Å²) in [6, 6.07) is 13.8. The largest absolute Gasteiger partial charge is 0.250 e. The molecular weight excluding hydrogens is 385 g/mol. The van der Waals surface area contributed by atoms with Crippen LogP contribution in [-0.2, 0) is 0 Å². The molecule has 0 unspecified atom stereocenters. The maximum Gasteiger partial charge on any atom is 0.216 e. The van der Waals surface area contributed by atoms with E-state index >= 15 is 0 Å². The Balaban J connectivity index is 1.75. The minimum atomic E-state index is -0.327. The van der Waals surface area contributed by atoms with Gasteiger partial charge in [-0.2, -0.15) is 14.9 Å². The van der Waals surface area contributed by atoms with Crippen molar-refractivity contribution in [1.29, 1.82) is 0 Å². The van der Waals surface area contributed by atoms with Crippen LogP contribution < -0.4 is 0 Å². The van der Waals surface area contributed by atoms with Crippen LogP contribution in [0.2, 0.25) is 5.15 Å². The van der Waals surface area contributed by atoms with E-state index in [4.69, 9.17) is 23.8 Å². The van der Waals surface area contributed by atoms with Gasteiger partial charge in [-0.1, -0.05) is 23.7 Å². The van der Waals surface area contributed by atoms with Gasteiger partial charge in [-0.25, -0.2) is 14.5 Å². The van der Waals surface area contributed by atoms with Crippen molar-refractivity contribution in [2.45, 2.75) is 6.92 Å². The maximum absolute atomic E-state index is 13.2. The van der Waals surface area contributed by atoms with Gasteiger partial charge in [0.25, 0.3) is 0 Å². The fraction of sp³-hybridized carbons (Fsp3) is 0.0526. The molecule has 0 radical (unpaired) electrons. The third-order valence-corrected chi connectivity index (χ3v) is 4.59. The molecule has 0 amide bonds. The van der Waals surface area contributed by atoms with E-state index in [0.29, 0.717) is 26.9 Å². The van der Waals surface area contributed by atoms with Crippen LogP contribution in [0.1, 0.15) is 11.1 Å². The summed E-state index contributed by atoms with van der Waals surface area (Å²) in [6.07, 6.45) is 1.58. The van der Waals surface area contributed by atoms with Crippen molar-refractivity contribution in [2.75, 3.05) is 0 Å². The average molecular weight is 398 g/mol. The molecule has 0 spiro atoms. The van der Waals surface area contributed by atoms with Gasteiger partial charge in [0.05, 0.1) is 11.7 Å². The summed E-state index contributed by atoms with van der Waals surface area (Å²) in [5, 5.41) is 12.6. The minimum Gasteiger partial charge on any atom is -0.250 e. The van der Waals surface area contributed by atoms with Crippen LogP contribution in [0.15, 0.2) is 53.6 Å². The number of benzene rings is 2. The van der Waals surface area contributed by atoms with Crippen molar-refractivity contribution >= 4 is 40.9 Å². The average Bonchev–Trinajstić information content (AvgIpc) is 3.01. The fourth-order valence-corrected chi connectivity index (χ4v) is 3.04. The monoisotopic (exact) mass is 397 g/mol. The number of hydrogen-bond acceptors (Lipinski definition) is 4. The molecule has 1 N–H and O–H groups in total. The molecule has 4 rings (SSSR count). The number of aromatic amines is 1. The third kappa shape index (κ3) is 3.51. The molecule has 0 bridgehead atoms. The number of aromatic nitrogens is 4. The van der Waals surface area contributed by atoms with Gasteiger partial charge in [-0.15, -0.1) is 0 Å². The van der Waals surface area contributed by atoms with Gasteiger partial charge in [0.1, 0.15) is 11.0 Å². The number of H-pyrrole nitrogens is 1. The summed E-state index contributed by atoms with van der Waals surface area (Å²) in [5.74, 6) is 0.143. The number of nitrogens with one attached hydrogen (secondary N) is 1. The van der Waals surface area contributed by atoms with Crippen molar-refractivity contribution in [1.82, 2.24) is 19.9 Å². The molecule has 5 nitrogen and oxygen atoms in total. The Morgan fingerprint density at radius 2 is 1.96 bits per heavy atom. The van der Waals surface area contributed by atoms with Crippen LogP contribution in [0.3, 0.4) is 0 Å². The van der Waals surface area contributed by atoms with E-state index in [1.54, 1.807) is 18.3 Å². The molecule has 8 heteroatoms. The molecule has 0 aliphatic heterocycles. The van der Waals surface area contributed by atoms with Crippen LogP contribution in [-0.4, -0.2) is 26.1 Å². The lowest BCUT2D eigenvalue weighted by Gasteiger charge is -2.04. The zero-order valence-electron chi connectivity index (χ0n) is 14.1. The number of hydrogen-bond donors (Lipinski definition) is 1. The smallest absolute Gasteiger partial charge is 0.216 e. The van der Waals surface area contributed by atoms with Gasteiger partial charge < -0.3 is 0 Å². The van der Waals surface area contributed by atoms with Crippen LogP contribution in [0.5, 0.6) is 0 Å². The highest BCUT2D eigenvalue weighted by atomic mass is 35.5. The number of pyridine rings is 1. The molecule has 134 valence electrons. The molecule has 0 atom stereocenters. The molecule has 2 aromatic heterocycles. The van der Waals surface area contributed by atoms with Gasteiger partial charge >= 0.3 is 0 Å². The zero-order chi connectivity index (χ0) is 19.0. The Labute approximate surface area is 164 Å². The normalized spacial score (nSPS) is 11.5. The lowest BCUT2D eigenvalue weighted by molar-refractivity contribution is 0.628. The first-order valence-corrected chi connectivity index (χ1v) is 8.84. The van der Waals surface area contributed by atoms with Crippen molar-refractivity contribution in [3.8, 4) is 11.4 Å². The van der Waals surface area contributed by atoms with Gasteiger partial charge in [-0.3, -0.25) is 0 Å². The Morgan fingerprint density at radius 1 is 1.19 bits per heavy atom. The Kier molecular flexibility index (Phi) is 4.55. The quantitative estimate of drug-likeness (QED) is 0.296. The molecule has 0 saturated heterocycles. The van der Waals surface area contributed by atoms with E-state index in [9.17, 15) is 4.39 Å². The molecule has 0 aliphatic carbocycles. The maximum atomic E-state index is 13.2. The molecule has 0 aliphatic rings. The fourth-order valence-electron chi connectivity index (χ4n) is 2.67. The second kappa shape index (κ2) is 7.02. The van der Waals surface area contributed by atoms with Crippen LogP contribution in [0.25, 0.3) is 22.3 Å². The molecular formula is C19H13ClFN5S. The first kappa shape index (κ1) is 17.5. The van der Waals surface area contributed by atoms with E-state index in [-0.39, 0.29) is 5.82 Å². The number of nitrogens with zero attached hydrogens (tertiary/aromatic N) is 4. The molecule has 4 aromatic rings. The van der Waals surface area contributed by atoms with E-state index in [2.05, 4.69) is 20.3 Å². The first-order valence-electron chi connectivity index (χ1n) is 8.06. The highest BCUT2D eigenvalue weighted by Gasteiger charge is 2.09. The Hall–Kier alpha value is -2.90. The predicted molar refractivity (Wildman–Crippen MR) is 107 cm³/mol. The molecule has 0 saturated carbocycles. The second-order valence-corrected chi connectivity index (χ2v) is 6.72. The topological polar surface area (TPSA) is 58.9 Å². The van der Waals surface area contributed by atoms with Crippen molar-refractivity contribution in [3.63, 3.8) is 0 Å². The number of fused-ring (bicyclic) bond motifs is 1. The molecule has 27 heavy (non-hydrogen) atoms. The summed E-state index contributed by atoms with van der Waals surface area (Å²) in [5.41, 5.74) is 3.27. The third-order valence-electron chi connectivity index (χ3n) is 4.02. The summed E-state index contributed by atoms with van der Waals surface area (Å²) >= 11 is 11.6. The van der Waals surface area contributed by atoms with Crippen LogP contribution >= 0.6 is 23.8 Å². The standard InChI is InChI=1S/C19H13ClFN5S/c1-11-2-3-13-9-14(17(20)23-16(13)8-11)10-22-26-18(24-25-19(26)27)12-4-6-15(21)7-5-12/h2-10H,1H3,(H,25,27)/b22-10-. The second-order valence-electron chi connectivity index (χ2n) is 5.98. The van der Waals surface area contributed by atoms with Crippen LogP contribution in [0.4, 0.5) is 4.39 Å². The summed E-state index contributed by atoms with van der Waals surface area (Å²) in [6.45, 7) is 2.00. The minimum absolute atomic E-state index is 0.311. The van der Waals surface area contributed by atoms with Gasteiger partial charge in [0.15, 0.2) is 5.82 Å². The molecule has 2 heterocycles. The molecule has 2 aromatic carbocycles. The van der Waals surface area contributed by atoms with Gasteiger partial charge in [-0.05, 0) is 61.1 Å². The Bertz CT molecular complexity index is 1230. The number of rotatable bonds is 3. The Morgan fingerprint density at radius 3 is 2.74 bits per heavy atom. The SMILES string of the molecule is Cc1ccc2cc(/C=N\n3c(-c4ccc(F)cc4)n[nH]c3=S)c(Cl)nc2c1. The van der Waals surface area contributed by atoms with Gasteiger partial charge in [0, 0.05) is 16.5 Å². The van der Waals surface area contributed by atoms with Crippen molar-refractivity contribution < 1.29 is 4.39 Å². The van der Waals surface area contributed by atoms with E-state index in [0.717, 1.165) is 16.5 Å². The predicted octanol–water partition coefficient (Wildman–Crippen LogP) is 5.14. The summed E-state index contributed by atoms with van der Waals surface area (Å²) in [7, 11) is 0.